The average molecular weight is 422 g/mol. The first kappa shape index (κ1) is 19.7. The highest BCUT2D eigenvalue weighted by molar-refractivity contribution is 7.44. The Balaban J connectivity index is 2.72. The summed E-state index contributed by atoms with van der Waals surface area (Å²) in [7, 11) is 0. The molecule has 0 aliphatic carbocycles. The van der Waals surface area contributed by atoms with Gasteiger partial charge in [-0.3, -0.25) is 5.73 Å². The molecule has 0 fully saturated rings. The number of hydrazine groups is 1. The summed E-state index contributed by atoms with van der Waals surface area (Å²) in [6.45, 7) is 0. The quantitative estimate of drug-likeness (QED) is 0.547. The molecule has 0 saturated heterocycles. The number of halogens is 8. The summed E-state index contributed by atoms with van der Waals surface area (Å²) in [5.41, 5.74) is 1.16. The van der Waals surface area contributed by atoms with Gasteiger partial charge >= 0.3 is 12.4 Å². The molecule has 0 saturated carbocycles. The third-order valence-electron chi connectivity index (χ3n) is 3.17. The number of nitrogens with zero attached hydrogens (tertiary/aromatic N) is 3. The van der Waals surface area contributed by atoms with Gasteiger partial charge in [0, 0.05) is 0 Å². The van der Waals surface area contributed by atoms with Crippen LogP contribution in [0.25, 0.3) is 0 Å². The van der Waals surface area contributed by atoms with Crippen molar-refractivity contribution in [2.75, 3.05) is 5.01 Å². The summed E-state index contributed by atoms with van der Waals surface area (Å²) in [5.74, 6) is 0. The van der Waals surface area contributed by atoms with Crippen LogP contribution in [0.5, 0.6) is 0 Å². The maximum absolute atomic E-state index is 13.1. The molecule has 4 nitrogen and oxygen atoms in total. The predicted molar refractivity (Wildman–Crippen MR) is 78.2 cm³/mol. The Kier molecular flexibility index (Phi) is 4.95. The largest absolute Gasteiger partial charge is 0.423 e. The molecule has 0 bridgehead atoms. The number of allylic oxidation sites excluding steroid dienone is 1. The Morgan fingerprint density at radius 2 is 1.60 bits per heavy atom. The smallest absolute Gasteiger partial charge is 0.265 e. The fourth-order valence-corrected chi connectivity index (χ4v) is 3.05. The summed E-state index contributed by atoms with van der Waals surface area (Å²) in [5, 5.41) is 8.25. The second-order valence-electron chi connectivity index (χ2n) is 4.72. The topological polar surface area (TPSA) is 56.1 Å². The SMILES string of the molecule is N#CC1=C(C(F)(F)F)C(N)[N+](=S)N1c1c(Cl)cc(C(F)(F)F)cc1Cl. The molecule has 0 radical (unpaired) electrons. The van der Waals surface area contributed by atoms with E-state index in [1.807, 2.05) is 0 Å². The lowest BCUT2D eigenvalue weighted by Gasteiger charge is -2.17. The number of hydrogen-bond donors (Lipinski definition) is 1. The molecule has 1 aromatic rings. The molecular weight excluding hydrogens is 417 g/mol. The van der Waals surface area contributed by atoms with Gasteiger partial charge < -0.3 is 0 Å². The molecule has 0 aromatic heterocycles. The Morgan fingerprint density at radius 1 is 1.12 bits per heavy atom. The van der Waals surface area contributed by atoms with E-state index >= 15 is 0 Å². The van der Waals surface area contributed by atoms with Gasteiger partial charge in [0.15, 0.2) is 11.3 Å². The van der Waals surface area contributed by atoms with E-state index in [0.717, 1.165) is 0 Å². The Hall–Kier alpha value is -1.61. The summed E-state index contributed by atoms with van der Waals surface area (Å²) in [6.07, 6.45) is -11.7. The van der Waals surface area contributed by atoms with Crippen LogP contribution in [0.1, 0.15) is 5.56 Å². The van der Waals surface area contributed by atoms with Crippen molar-refractivity contribution in [2.24, 2.45) is 5.73 Å². The molecule has 0 amide bonds. The zero-order valence-corrected chi connectivity index (χ0v) is 13.9. The highest BCUT2D eigenvalue weighted by Crippen LogP contribution is 2.45. The highest BCUT2D eigenvalue weighted by Gasteiger charge is 2.56. The van der Waals surface area contributed by atoms with Gasteiger partial charge in [0.05, 0.1) is 15.6 Å². The van der Waals surface area contributed by atoms with Crippen LogP contribution in [0.4, 0.5) is 32.0 Å². The molecule has 13 heteroatoms. The van der Waals surface area contributed by atoms with Crippen molar-refractivity contribution >= 4 is 41.3 Å². The molecule has 2 rings (SSSR count). The number of alkyl halides is 6. The highest BCUT2D eigenvalue weighted by atomic mass is 35.5. The normalized spacial score (nSPS) is 18.8. The van der Waals surface area contributed by atoms with Gasteiger partial charge in [-0.2, -0.15) is 31.6 Å². The summed E-state index contributed by atoms with van der Waals surface area (Å²) in [6, 6.07) is 2.20. The number of rotatable bonds is 1. The summed E-state index contributed by atoms with van der Waals surface area (Å²) < 4.78 is 78.1. The fraction of sp³-hybridized carbons (Fsp3) is 0.250. The van der Waals surface area contributed by atoms with Gasteiger partial charge in [-0.1, -0.05) is 28.2 Å². The van der Waals surface area contributed by atoms with Gasteiger partial charge in [-0.15, -0.1) is 0 Å². The molecule has 1 aliphatic heterocycles. The lowest BCUT2D eigenvalue weighted by atomic mass is 10.1. The van der Waals surface area contributed by atoms with Crippen molar-refractivity contribution in [3.8, 4) is 6.07 Å². The Morgan fingerprint density at radius 3 is 1.96 bits per heavy atom. The third-order valence-corrected chi connectivity index (χ3v) is 4.13. The molecule has 1 unspecified atom stereocenters. The lowest BCUT2D eigenvalue weighted by Crippen LogP contribution is -2.40. The fourth-order valence-electron chi connectivity index (χ4n) is 2.14. The van der Waals surface area contributed by atoms with Crippen LogP contribution >= 0.6 is 23.2 Å². The minimum atomic E-state index is -5.00. The van der Waals surface area contributed by atoms with E-state index < -0.39 is 51.1 Å². The van der Waals surface area contributed by atoms with Crippen LogP contribution in [0.2, 0.25) is 10.0 Å². The van der Waals surface area contributed by atoms with Crippen LogP contribution in [0, 0.1) is 11.3 Å². The first-order valence-corrected chi connectivity index (χ1v) is 7.22. The predicted octanol–water partition coefficient (Wildman–Crippen LogP) is 4.11. The van der Waals surface area contributed by atoms with E-state index in [0.29, 0.717) is 21.2 Å². The van der Waals surface area contributed by atoms with Crippen LogP contribution in [-0.4, -0.2) is 16.4 Å². The molecule has 1 heterocycles. The molecule has 1 aliphatic rings. The minimum Gasteiger partial charge on any atom is -0.265 e. The van der Waals surface area contributed by atoms with Crippen LogP contribution in [-0.2, 0) is 18.6 Å². The van der Waals surface area contributed by atoms with Crippen LogP contribution < -0.4 is 10.7 Å². The van der Waals surface area contributed by atoms with Gasteiger partial charge in [0.2, 0.25) is 0 Å². The van der Waals surface area contributed by atoms with Gasteiger partial charge in [0.1, 0.15) is 11.8 Å². The van der Waals surface area contributed by atoms with Gasteiger partial charge in [-0.05, 0) is 16.2 Å². The zero-order valence-electron chi connectivity index (χ0n) is 11.6. The van der Waals surface area contributed by atoms with Crippen molar-refractivity contribution in [1.29, 1.82) is 5.26 Å². The van der Waals surface area contributed by atoms with Crippen molar-refractivity contribution < 1.29 is 30.4 Å². The lowest BCUT2D eigenvalue weighted by molar-refractivity contribution is -0.526. The number of nitriles is 1. The van der Waals surface area contributed by atoms with Crippen molar-refractivity contribution in [1.82, 2.24) is 0 Å². The average Bonchev–Trinajstić information content (AvgIpc) is 2.69. The second kappa shape index (κ2) is 6.28. The Labute approximate surface area is 151 Å². The van der Waals surface area contributed by atoms with Gasteiger partial charge in [0.25, 0.3) is 18.6 Å². The molecule has 0 spiro atoms. The zero-order chi connectivity index (χ0) is 19.3. The molecule has 134 valence electrons. The molecule has 1 atom stereocenters. The number of benzene rings is 1. The monoisotopic (exact) mass is 421 g/mol. The summed E-state index contributed by atoms with van der Waals surface area (Å²) >= 11 is 16.3. The standard InChI is InChI=1S/C12H5Cl2F6N4S/c13-5-1-4(11(15,16)17)2-6(14)9(5)23-7(3-21)8(12(18,19)20)10(22)24(23)25/h1-2,10H,22H2/q+1. The van der Waals surface area contributed by atoms with E-state index in [-0.39, 0.29) is 0 Å². The van der Waals surface area contributed by atoms with E-state index in [1.165, 1.54) is 6.07 Å². The molecule has 25 heavy (non-hydrogen) atoms. The van der Waals surface area contributed by atoms with Crippen molar-refractivity contribution in [3.05, 3.63) is 39.0 Å². The van der Waals surface area contributed by atoms with Gasteiger partial charge in [-0.25, -0.2) is 0 Å². The van der Waals surface area contributed by atoms with Crippen LogP contribution in [0.15, 0.2) is 23.4 Å². The Bertz CT molecular complexity index is 803. The van der Waals surface area contributed by atoms with E-state index in [1.54, 1.807) is 0 Å². The molecule has 2 N–H and O–H groups in total. The molecular formula is C12H5Cl2F6N4S+. The summed E-state index contributed by atoms with van der Waals surface area (Å²) in [4.78, 5) is 0. The van der Waals surface area contributed by atoms with E-state index in [2.05, 4.69) is 0 Å². The minimum absolute atomic E-state index is 0.391. The number of nitrogens with two attached hydrogens (primary N) is 1. The van der Waals surface area contributed by atoms with Crippen molar-refractivity contribution in [3.63, 3.8) is 0 Å². The second-order valence-corrected chi connectivity index (χ2v) is 5.91. The van der Waals surface area contributed by atoms with E-state index in [9.17, 15) is 26.3 Å². The van der Waals surface area contributed by atoms with Crippen LogP contribution in [0.3, 0.4) is 0 Å². The first-order chi connectivity index (χ1) is 11.3. The van der Waals surface area contributed by atoms with E-state index in [4.69, 9.17) is 46.6 Å². The maximum Gasteiger partial charge on any atom is 0.423 e. The van der Waals surface area contributed by atoms with Crippen molar-refractivity contribution in [2.45, 2.75) is 18.5 Å². The maximum atomic E-state index is 13.1. The number of hydrogen-bond acceptors (Lipinski definition) is 3. The number of anilines is 1. The third kappa shape index (κ3) is 3.39. The molecule has 1 aromatic carbocycles. The first-order valence-electron chi connectivity index (χ1n) is 6.10.